The fourth-order valence-corrected chi connectivity index (χ4v) is 7.24. The molecule has 0 unspecified atom stereocenters. The lowest BCUT2D eigenvalue weighted by atomic mass is 9.98. The highest BCUT2D eigenvalue weighted by Gasteiger charge is 2.12. The Hall–Kier alpha value is -4.92. The molecule has 0 saturated carbocycles. The lowest BCUT2D eigenvalue weighted by Crippen LogP contribution is -1.90. The topological polar surface area (TPSA) is 12.0 Å². The van der Waals surface area contributed by atoms with Crippen LogP contribution < -0.4 is 5.32 Å². The van der Waals surface area contributed by atoms with Crippen LogP contribution in [0.15, 0.2) is 146 Å². The zero-order chi connectivity index (χ0) is 26.5. The van der Waals surface area contributed by atoms with E-state index in [-0.39, 0.29) is 0 Å². The molecule has 0 amide bonds. The first-order valence-electron chi connectivity index (χ1n) is 13.6. The summed E-state index contributed by atoms with van der Waals surface area (Å²) in [5, 5.41) is 11.4. The molecule has 1 nitrogen and oxygen atoms in total. The first-order chi connectivity index (χ1) is 19.8. The quantitative estimate of drug-likeness (QED) is 0.240. The summed E-state index contributed by atoms with van der Waals surface area (Å²) in [6.45, 7) is 0. The first-order valence-corrected chi connectivity index (χ1v) is 14.4. The van der Waals surface area contributed by atoms with E-state index in [4.69, 9.17) is 0 Å². The van der Waals surface area contributed by atoms with Gasteiger partial charge in [-0.1, -0.05) is 121 Å². The van der Waals surface area contributed by atoms with Crippen LogP contribution in [-0.4, -0.2) is 0 Å². The summed E-state index contributed by atoms with van der Waals surface area (Å²) in [6.07, 6.45) is 0. The number of nitrogens with one attached hydrogen (secondary N) is 1. The van der Waals surface area contributed by atoms with Gasteiger partial charge in [-0.3, -0.25) is 0 Å². The fourth-order valence-electron chi connectivity index (χ4n) is 5.86. The van der Waals surface area contributed by atoms with Crippen LogP contribution in [0.1, 0.15) is 0 Å². The smallest absolute Gasteiger partial charge is 0.0434 e. The van der Waals surface area contributed by atoms with Crippen molar-refractivity contribution in [2.24, 2.45) is 0 Å². The molecule has 0 aliphatic rings. The zero-order valence-electron chi connectivity index (χ0n) is 21.8. The third-order valence-electron chi connectivity index (χ3n) is 7.86. The van der Waals surface area contributed by atoms with Crippen LogP contribution in [0.25, 0.3) is 64.0 Å². The number of thiophene rings is 1. The third-order valence-corrected chi connectivity index (χ3v) is 9.15. The van der Waals surface area contributed by atoms with Crippen LogP contribution in [0.3, 0.4) is 0 Å². The van der Waals surface area contributed by atoms with E-state index in [1.807, 2.05) is 11.3 Å². The average molecular weight is 528 g/mol. The monoisotopic (exact) mass is 527 g/mol. The minimum absolute atomic E-state index is 1.08. The molecule has 0 saturated heterocycles. The van der Waals surface area contributed by atoms with Crippen molar-refractivity contribution in [3.8, 4) is 22.3 Å². The van der Waals surface area contributed by atoms with Gasteiger partial charge < -0.3 is 5.32 Å². The summed E-state index contributed by atoms with van der Waals surface area (Å²) in [4.78, 5) is 0. The Morgan fingerprint density at radius 1 is 0.350 bits per heavy atom. The van der Waals surface area contributed by atoms with Crippen LogP contribution in [0, 0.1) is 0 Å². The summed E-state index contributed by atoms with van der Waals surface area (Å²) >= 11 is 1.90. The van der Waals surface area contributed by atoms with E-state index in [9.17, 15) is 0 Å². The van der Waals surface area contributed by atoms with Crippen LogP contribution in [0.2, 0.25) is 0 Å². The van der Waals surface area contributed by atoms with Crippen LogP contribution in [0.5, 0.6) is 0 Å². The molecule has 0 bridgehead atoms. The SMILES string of the molecule is c1ccc2c(-c3ccc(Nc4ccc(-c5cccc6c5sc5c7ccccc7ccc65)cc4)cc3)cccc2c1. The van der Waals surface area contributed by atoms with Crippen molar-refractivity contribution in [1.29, 1.82) is 0 Å². The van der Waals surface area contributed by atoms with Gasteiger partial charge in [-0.2, -0.15) is 0 Å². The van der Waals surface area contributed by atoms with Gasteiger partial charge in [0.05, 0.1) is 0 Å². The van der Waals surface area contributed by atoms with Crippen molar-refractivity contribution in [3.63, 3.8) is 0 Å². The molecule has 40 heavy (non-hydrogen) atoms. The first kappa shape index (κ1) is 23.0. The highest BCUT2D eigenvalue weighted by Crippen LogP contribution is 2.42. The van der Waals surface area contributed by atoms with Gasteiger partial charge in [0.2, 0.25) is 0 Å². The molecule has 0 atom stereocenters. The van der Waals surface area contributed by atoms with E-state index in [1.54, 1.807) is 0 Å². The molecule has 0 radical (unpaired) electrons. The van der Waals surface area contributed by atoms with E-state index >= 15 is 0 Å². The standard InChI is InChI=1S/C38H25NS/c1-3-10-31-25(7-1)9-5-12-32(31)27-15-20-29(21-16-27)39-30-22-17-28(18-23-30)34-13-6-14-35-36-24-19-26-8-2-4-11-33(26)38(36)40-37(34)35/h1-24,39H. The van der Waals surface area contributed by atoms with Gasteiger partial charge >= 0.3 is 0 Å². The minimum atomic E-state index is 1.08. The minimum Gasteiger partial charge on any atom is -0.356 e. The number of benzene rings is 7. The van der Waals surface area contributed by atoms with Crippen molar-refractivity contribution in [2.45, 2.75) is 0 Å². The molecule has 1 N–H and O–H groups in total. The molecule has 7 aromatic carbocycles. The number of hydrogen-bond acceptors (Lipinski definition) is 2. The molecule has 8 rings (SSSR count). The maximum absolute atomic E-state index is 3.58. The molecule has 0 aliphatic heterocycles. The summed E-state index contributed by atoms with van der Waals surface area (Å²) in [5.41, 5.74) is 7.16. The highest BCUT2D eigenvalue weighted by atomic mass is 32.1. The lowest BCUT2D eigenvalue weighted by molar-refractivity contribution is 1.54. The Kier molecular flexibility index (Phi) is 5.39. The summed E-state index contributed by atoms with van der Waals surface area (Å²) in [5.74, 6) is 0. The molecule has 2 heteroatoms. The molecule has 8 aromatic rings. The van der Waals surface area contributed by atoms with E-state index < -0.39 is 0 Å². The van der Waals surface area contributed by atoms with E-state index in [2.05, 4.69) is 151 Å². The van der Waals surface area contributed by atoms with Crippen molar-refractivity contribution in [1.82, 2.24) is 0 Å². The van der Waals surface area contributed by atoms with Gasteiger partial charge in [0.15, 0.2) is 0 Å². The maximum atomic E-state index is 3.58. The molecule has 1 heterocycles. The summed E-state index contributed by atoms with van der Waals surface area (Å²) in [7, 11) is 0. The number of rotatable bonds is 4. The molecule has 0 fully saturated rings. The van der Waals surface area contributed by atoms with Crippen LogP contribution in [-0.2, 0) is 0 Å². The second-order valence-electron chi connectivity index (χ2n) is 10.3. The van der Waals surface area contributed by atoms with Gasteiger partial charge in [0.1, 0.15) is 0 Å². The Labute approximate surface area is 237 Å². The second kappa shape index (κ2) is 9.37. The van der Waals surface area contributed by atoms with Crippen molar-refractivity contribution >= 4 is 64.4 Å². The van der Waals surface area contributed by atoms with Gasteiger partial charge in [-0.25, -0.2) is 0 Å². The molecule has 1 aromatic heterocycles. The Morgan fingerprint density at radius 2 is 0.875 bits per heavy atom. The van der Waals surface area contributed by atoms with Gasteiger partial charge in [-0.05, 0) is 68.1 Å². The average Bonchev–Trinajstić information content (AvgIpc) is 3.41. The van der Waals surface area contributed by atoms with Crippen molar-refractivity contribution in [2.75, 3.05) is 5.32 Å². The second-order valence-corrected chi connectivity index (χ2v) is 11.3. The molecule has 188 valence electrons. The Bertz CT molecular complexity index is 2160. The predicted molar refractivity (Wildman–Crippen MR) is 175 cm³/mol. The predicted octanol–water partition coefficient (Wildman–Crippen LogP) is 11.4. The lowest BCUT2D eigenvalue weighted by Gasteiger charge is -2.11. The Morgan fingerprint density at radius 3 is 1.62 bits per heavy atom. The van der Waals surface area contributed by atoms with Crippen molar-refractivity contribution in [3.05, 3.63) is 146 Å². The number of fused-ring (bicyclic) bond motifs is 6. The Balaban J connectivity index is 1.09. The van der Waals surface area contributed by atoms with Crippen molar-refractivity contribution < 1.29 is 0 Å². The number of anilines is 2. The van der Waals surface area contributed by atoms with E-state index in [0.717, 1.165) is 11.4 Å². The molecular formula is C38H25NS. The fraction of sp³-hybridized carbons (Fsp3) is 0. The normalized spacial score (nSPS) is 11.5. The molecule has 0 aliphatic carbocycles. The zero-order valence-corrected chi connectivity index (χ0v) is 22.6. The van der Waals surface area contributed by atoms with Gasteiger partial charge in [-0.15, -0.1) is 11.3 Å². The van der Waals surface area contributed by atoms with Crippen LogP contribution in [0.4, 0.5) is 11.4 Å². The summed E-state index contributed by atoms with van der Waals surface area (Å²) < 4.78 is 2.71. The molecular weight excluding hydrogens is 502 g/mol. The molecule has 0 spiro atoms. The largest absolute Gasteiger partial charge is 0.356 e. The highest BCUT2D eigenvalue weighted by molar-refractivity contribution is 7.27. The third kappa shape index (κ3) is 3.85. The summed E-state index contributed by atoms with van der Waals surface area (Å²) in [6, 6.07) is 52.5. The van der Waals surface area contributed by atoms with E-state index in [0.29, 0.717) is 0 Å². The van der Waals surface area contributed by atoms with E-state index in [1.165, 1.54) is 64.0 Å². The van der Waals surface area contributed by atoms with Gasteiger partial charge in [0.25, 0.3) is 0 Å². The number of hydrogen-bond donors (Lipinski definition) is 1. The van der Waals surface area contributed by atoms with Crippen LogP contribution >= 0.6 is 11.3 Å². The van der Waals surface area contributed by atoms with Gasteiger partial charge in [0, 0.05) is 31.5 Å². The maximum Gasteiger partial charge on any atom is 0.0434 e.